The molecule has 0 spiro atoms. The molecule has 17 heavy (non-hydrogen) atoms. The zero-order chi connectivity index (χ0) is 12.3. The van der Waals surface area contributed by atoms with Crippen LogP contribution in [0.3, 0.4) is 0 Å². The van der Waals surface area contributed by atoms with E-state index in [0.29, 0.717) is 10.0 Å². The van der Waals surface area contributed by atoms with Crippen LogP contribution in [0.5, 0.6) is 0 Å². The van der Waals surface area contributed by atoms with Gasteiger partial charge in [-0.2, -0.15) is 0 Å². The zero-order valence-corrected chi connectivity index (χ0v) is 10.9. The van der Waals surface area contributed by atoms with Gasteiger partial charge in [0.2, 0.25) is 0 Å². The molecular formula is C13H13Cl2NO. The predicted octanol–water partition coefficient (Wildman–Crippen LogP) is 4.09. The van der Waals surface area contributed by atoms with E-state index >= 15 is 0 Å². The molecule has 2 rings (SSSR count). The summed E-state index contributed by atoms with van der Waals surface area (Å²) in [5, 5.41) is 4.40. The van der Waals surface area contributed by atoms with Gasteiger partial charge in [-0.15, -0.1) is 0 Å². The van der Waals surface area contributed by atoms with E-state index in [0.717, 1.165) is 17.7 Å². The lowest BCUT2D eigenvalue weighted by Crippen LogP contribution is -2.18. The molecule has 0 saturated heterocycles. The van der Waals surface area contributed by atoms with Gasteiger partial charge in [-0.3, -0.25) is 0 Å². The topological polar surface area (TPSA) is 25.2 Å². The molecule has 2 nitrogen and oxygen atoms in total. The number of furan rings is 1. The summed E-state index contributed by atoms with van der Waals surface area (Å²) in [5.74, 6) is 0.892. The molecule has 0 aliphatic heterocycles. The van der Waals surface area contributed by atoms with E-state index in [1.54, 1.807) is 12.3 Å². The minimum Gasteiger partial charge on any atom is -0.468 e. The highest BCUT2D eigenvalue weighted by Crippen LogP contribution is 2.29. The van der Waals surface area contributed by atoms with Crippen molar-refractivity contribution in [2.45, 2.75) is 12.5 Å². The Bertz CT molecular complexity index is 482. The highest BCUT2D eigenvalue weighted by Gasteiger charge is 2.15. The summed E-state index contributed by atoms with van der Waals surface area (Å²) in [5.41, 5.74) is 1.01. The summed E-state index contributed by atoms with van der Waals surface area (Å²) >= 11 is 12.2. The number of rotatable bonds is 4. The molecule has 0 radical (unpaired) electrons. The Balaban J connectivity index is 2.22. The van der Waals surface area contributed by atoms with Crippen molar-refractivity contribution in [2.75, 3.05) is 7.05 Å². The number of benzene rings is 1. The Labute approximate surface area is 111 Å². The van der Waals surface area contributed by atoms with Crippen LogP contribution in [0, 0.1) is 0 Å². The second-order valence-electron chi connectivity index (χ2n) is 3.77. The largest absolute Gasteiger partial charge is 0.468 e. The molecule has 0 aliphatic rings. The number of nitrogens with one attached hydrogen (secondary N) is 1. The van der Waals surface area contributed by atoms with Crippen molar-refractivity contribution in [3.8, 4) is 0 Å². The van der Waals surface area contributed by atoms with E-state index in [1.165, 1.54) is 0 Å². The molecule has 1 N–H and O–H groups in total. The van der Waals surface area contributed by atoms with Gasteiger partial charge in [0.1, 0.15) is 5.76 Å². The quantitative estimate of drug-likeness (QED) is 0.905. The zero-order valence-electron chi connectivity index (χ0n) is 9.41. The fourth-order valence-corrected chi connectivity index (χ4v) is 2.16. The maximum absolute atomic E-state index is 6.17. The Morgan fingerprint density at radius 1 is 1.24 bits per heavy atom. The van der Waals surface area contributed by atoms with E-state index < -0.39 is 0 Å². The van der Waals surface area contributed by atoms with E-state index in [4.69, 9.17) is 27.6 Å². The Kier molecular flexibility index (Phi) is 4.11. The van der Waals surface area contributed by atoms with Crippen LogP contribution >= 0.6 is 23.2 Å². The summed E-state index contributed by atoms with van der Waals surface area (Å²) in [4.78, 5) is 0. The van der Waals surface area contributed by atoms with Crippen LogP contribution < -0.4 is 5.32 Å². The van der Waals surface area contributed by atoms with Crippen LogP contribution in [0.15, 0.2) is 41.0 Å². The van der Waals surface area contributed by atoms with Gasteiger partial charge in [-0.1, -0.05) is 35.3 Å². The summed E-state index contributed by atoms with van der Waals surface area (Å²) in [6.45, 7) is 0. The van der Waals surface area contributed by atoms with Crippen molar-refractivity contribution in [2.24, 2.45) is 0 Å². The molecule has 0 amide bonds. The van der Waals surface area contributed by atoms with Crippen LogP contribution in [-0.2, 0) is 6.42 Å². The Hall–Kier alpha value is -0.960. The third-order valence-corrected chi connectivity index (χ3v) is 3.55. The smallest absolute Gasteiger partial charge is 0.121 e. The molecule has 0 saturated carbocycles. The number of halogens is 2. The monoisotopic (exact) mass is 269 g/mol. The SMILES string of the molecule is CNC(Cc1cccc(Cl)c1Cl)c1ccco1. The normalized spacial score (nSPS) is 12.6. The summed E-state index contributed by atoms with van der Waals surface area (Å²) in [7, 11) is 1.89. The molecule has 1 aromatic heterocycles. The second kappa shape index (κ2) is 5.58. The first-order valence-corrected chi connectivity index (χ1v) is 6.11. The molecule has 1 unspecified atom stereocenters. The molecule has 0 bridgehead atoms. The van der Waals surface area contributed by atoms with Gasteiger partial charge in [-0.05, 0) is 37.2 Å². The summed E-state index contributed by atoms with van der Waals surface area (Å²) in [6, 6.07) is 9.58. The average Bonchev–Trinajstić information content (AvgIpc) is 2.85. The van der Waals surface area contributed by atoms with Crippen molar-refractivity contribution in [1.82, 2.24) is 5.32 Å². The molecule has 0 aliphatic carbocycles. The van der Waals surface area contributed by atoms with Gasteiger partial charge in [0.05, 0.1) is 22.4 Å². The molecule has 1 atom stereocenters. The predicted molar refractivity (Wildman–Crippen MR) is 70.7 cm³/mol. The lowest BCUT2D eigenvalue weighted by molar-refractivity contribution is 0.429. The van der Waals surface area contributed by atoms with Crippen molar-refractivity contribution in [1.29, 1.82) is 0 Å². The van der Waals surface area contributed by atoms with Crippen molar-refractivity contribution in [3.63, 3.8) is 0 Å². The molecule has 4 heteroatoms. The number of likely N-dealkylation sites (N-methyl/N-ethyl adjacent to an activating group) is 1. The van der Waals surface area contributed by atoms with Crippen molar-refractivity contribution in [3.05, 3.63) is 58.0 Å². The van der Waals surface area contributed by atoms with E-state index in [-0.39, 0.29) is 6.04 Å². The van der Waals surface area contributed by atoms with Gasteiger partial charge in [-0.25, -0.2) is 0 Å². The van der Waals surface area contributed by atoms with Gasteiger partial charge in [0.15, 0.2) is 0 Å². The lowest BCUT2D eigenvalue weighted by atomic mass is 10.0. The maximum atomic E-state index is 6.17. The Morgan fingerprint density at radius 2 is 2.06 bits per heavy atom. The van der Waals surface area contributed by atoms with E-state index in [1.807, 2.05) is 31.3 Å². The van der Waals surface area contributed by atoms with Gasteiger partial charge in [0, 0.05) is 0 Å². The van der Waals surface area contributed by atoms with Crippen LogP contribution in [0.25, 0.3) is 0 Å². The minimum absolute atomic E-state index is 0.0981. The molecule has 1 aromatic carbocycles. The number of hydrogen-bond donors (Lipinski definition) is 1. The fraction of sp³-hybridized carbons (Fsp3) is 0.231. The first-order chi connectivity index (χ1) is 8.22. The highest BCUT2D eigenvalue weighted by molar-refractivity contribution is 6.42. The first-order valence-electron chi connectivity index (χ1n) is 5.36. The van der Waals surface area contributed by atoms with Gasteiger partial charge >= 0.3 is 0 Å². The maximum Gasteiger partial charge on any atom is 0.121 e. The Morgan fingerprint density at radius 3 is 2.71 bits per heavy atom. The lowest BCUT2D eigenvalue weighted by Gasteiger charge is -2.14. The summed E-state index contributed by atoms with van der Waals surface area (Å²) < 4.78 is 5.39. The highest BCUT2D eigenvalue weighted by atomic mass is 35.5. The third kappa shape index (κ3) is 2.83. The number of hydrogen-bond acceptors (Lipinski definition) is 2. The standard InChI is InChI=1S/C13H13Cl2NO/c1-16-11(12-6-3-7-17-12)8-9-4-2-5-10(14)13(9)15/h2-7,11,16H,8H2,1H3. The van der Waals surface area contributed by atoms with E-state index in [9.17, 15) is 0 Å². The average molecular weight is 270 g/mol. The van der Waals surface area contributed by atoms with Crippen molar-refractivity contribution < 1.29 is 4.42 Å². The van der Waals surface area contributed by atoms with Crippen LogP contribution in [0.1, 0.15) is 17.4 Å². The molecule has 90 valence electrons. The fourth-order valence-electron chi connectivity index (χ4n) is 1.76. The van der Waals surface area contributed by atoms with Gasteiger partial charge in [0.25, 0.3) is 0 Å². The third-order valence-electron chi connectivity index (χ3n) is 2.69. The first kappa shape index (κ1) is 12.5. The molecule has 2 aromatic rings. The van der Waals surface area contributed by atoms with Crippen molar-refractivity contribution >= 4 is 23.2 Å². The minimum atomic E-state index is 0.0981. The molecule has 0 fully saturated rings. The molecular weight excluding hydrogens is 257 g/mol. The van der Waals surface area contributed by atoms with Crippen LogP contribution in [0.2, 0.25) is 10.0 Å². The van der Waals surface area contributed by atoms with E-state index in [2.05, 4.69) is 5.32 Å². The molecule has 1 heterocycles. The summed E-state index contributed by atoms with van der Waals surface area (Å²) in [6.07, 6.45) is 2.41. The second-order valence-corrected chi connectivity index (χ2v) is 4.56. The van der Waals surface area contributed by atoms with Crippen LogP contribution in [0.4, 0.5) is 0 Å². The van der Waals surface area contributed by atoms with Gasteiger partial charge < -0.3 is 9.73 Å². The van der Waals surface area contributed by atoms with Crippen LogP contribution in [-0.4, -0.2) is 7.05 Å².